The Morgan fingerprint density at radius 1 is 1.43 bits per heavy atom. The van der Waals surface area contributed by atoms with Crippen LogP contribution in [0.5, 0.6) is 0 Å². The molecule has 0 amide bonds. The first-order chi connectivity index (χ1) is 6.74. The van der Waals surface area contributed by atoms with Crippen molar-refractivity contribution in [3.05, 3.63) is 48.2 Å². The molecule has 14 heavy (non-hydrogen) atoms. The molecule has 0 bridgehead atoms. The lowest BCUT2D eigenvalue weighted by molar-refractivity contribution is 0.731. The second-order valence-electron chi connectivity index (χ2n) is 3.68. The quantitative estimate of drug-likeness (QED) is 0.657. The second kappa shape index (κ2) is 5.48. The molecule has 0 saturated carbocycles. The van der Waals surface area contributed by atoms with Crippen molar-refractivity contribution in [2.45, 2.75) is 26.2 Å². The van der Waals surface area contributed by atoms with Gasteiger partial charge in [-0.25, -0.2) is 0 Å². The fraction of sp³-hybridized carbons (Fsp3) is 0.385. The van der Waals surface area contributed by atoms with Gasteiger partial charge in [0, 0.05) is 12.2 Å². The molecular formula is C13H19N. The maximum atomic E-state index is 4.07. The molecule has 1 heterocycles. The Morgan fingerprint density at radius 2 is 2.21 bits per heavy atom. The molecule has 1 rings (SSSR count). The molecule has 0 radical (unpaired) electrons. The number of allylic oxidation sites excluding steroid dienone is 5. The van der Waals surface area contributed by atoms with Gasteiger partial charge in [0.2, 0.25) is 0 Å². The van der Waals surface area contributed by atoms with E-state index in [9.17, 15) is 0 Å². The zero-order valence-electron chi connectivity index (χ0n) is 8.97. The number of nitrogens with one attached hydrogen (secondary N) is 1. The van der Waals surface area contributed by atoms with Gasteiger partial charge in [-0.2, -0.15) is 0 Å². The van der Waals surface area contributed by atoms with Crippen LogP contribution in [-0.2, 0) is 0 Å². The summed E-state index contributed by atoms with van der Waals surface area (Å²) in [6, 6.07) is 0. The summed E-state index contributed by atoms with van der Waals surface area (Å²) in [5.41, 5.74) is 3.58. The van der Waals surface area contributed by atoms with Crippen LogP contribution in [-0.4, -0.2) is 6.54 Å². The number of hydrogen-bond donors (Lipinski definition) is 1. The third kappa shape index (κ3) is 3.25. The molecule has 1 heteroatoms. The highest BCUT2D eigenvalue weighted by molar-refractivity contribution is 5.33. The minimum atomic E-state index is 1.06. The van der Waals surface area contributed by atoms with Crippen molar-refractivity contribution in [2.24, 2.45) is 0 Å². The standard InChI is InChI=1S/C13H19N/c1-4-11(2)8-9-13-12(3)7-5-6-10-14-13/h4,8-9,14H,1,3,5-7,10H2,2H3/b11-8-,13-9+. The smallest absolute Gasteiger partial charge is 0.0366 e. The van der Waals surface area contributed by atoms with Crippen molar-refractivity contribution in [1.82, 2.24) is 5.32 Å². The molecule has 76 valence electrons. The number of hydrogen-bond acceptors (Lipinski definition) is 1. The molecule has 0 aromatic carbocycles. The van der Waals surface area contributed by atoms with Crippen LogP contribution >= 0.6 is 0 Å². The van der Waals surface area contributed by atoms with E-state index in [1.165, 1.54) is 29.7 Å². The summed E-state index contributed by atoms with van der Waals surface area (Å²) in [7, 11) is 0. The van der Waals surface area contributed by atoms with E-state index in [2.05, 4.69) is 30.6 Å². The highest BCUT2D eigenvalue weighted by Crippen LogP contribution is 2.16. The topological polar surface area (TPSA) is 12.0 Å². The van der Waals surface area contributed by atoms with E-state index >= 15 is 0 Å². The molecule has 0 spiro atoms. The molecule has 0 aromatic rings. The van der Waals surface area contributed by atoms with E-state index in [0.29, 0.717) is 0 Å². The monoisotopic (exact) mass is 189 g/mol. The first-order valence-electron chi connectivity index (χ1n) is 5.17. The van der Waals surface area contributed by atoms with Crippen LogP contribution in [0.25, 0.3) is 0 Å². The third-order valence-corrected chi connectivity index (χ3v) is 2.44. The first-order valence-corrected chi connectivity index (χ1v) is 5.17. The predicted molar refractivity (Wildman–Crippen MR) is 63.0 cm³/mol. The summed E-state index contributed by atoms with van der Waals surface area (Å²) >= 11 is 0. The van der Waals surface area contributed by atoms with E-state index < -0.39 is 0 Å². The maximum Gasteiger partial charge on any atom is 0.0366 e. The maximum absolute atomic E-state index is 4.07. The minimum Gasteiger partial charge on any atom is -0.385 e. The molecule has 1 nitrogen and oxygen atoms in total. The second-order valence-corrected chi connectivity index (χ2v) is 3.68. The lowest BCUT2D eigenvalue weighted by atomic mass is 10.1. The lowest BCUT2D eigenvalue weighted by Gasteiger charge is -2.07. The fourth-order valence-electron chi connectivity index (χ4n) is 1.41. The first kappa shape index (κ1) is 10.8. The molecule has 1 N–H and O–H groups in total. The minimum absolute atomic E-state index is 1.06. The van der Waals surface area contributed by atoms with E-state index in [-0.39, 0.29) is 0 Å². The highest BCUT2D eigenvalue weighted by Gasteiger charge is 2.05. The van der Waals surface area contributed by atoms with Gasteiger partial charge >= 0.3 is 0 Å². The van der Waals surface area contributed by atoms with Gasteiger partial charge in [0.1, 0.15) is 0 Å². The molecule has 0 aliphatic carbocycles. The van der Waals surface area contributed by atoms with Crippen LogP contribution in [0.1, 0.15) is 26.2 Å². The van der Waals surface area contributed by atoms with Crippen molar-refractivity contribution in [3.8, 4) is 0 Å². The van der Waals surface area contributed by atoms with Gasteiger partial charge in [-0.1, -0.05) is 30.9 Å². The fourth-order valence-corrected chi connectivity index (χ4v) is 1.41. The SMILES string of the molecule is C=C/C(C)=C\C=C1\NCCCCC1=C. The Balaban J connectivity index is 2.72. The van der Waals surface area contributed by atoms with E-state index in [4.69, 9.17) is 0 Å². The van der Waals surface area contributed by atoms with Gasteiger partial charge < -0.3 is 5.32 Å². The predicted octanol–water partition coefficient (Wildman–Crippen LogP) is 3.33. The molecule has 0 unspecified atom stereocenters. The van der Waals surface area contributed by atoms with Crippen LogP contribution in [0.2, 0.25) is 0 Å². The Labute approximate surface area is 86.9 Å². The third-order valence-electron chi connectivity index (χ3n) is 2.44. The van der Waals surface area contributed by atoms with Crippen LogP contribution in [0.15, 0.2) is 48.2 Å². The average Bonchev–Trinajstić information content (AvgIpc) is 2.39. The van der Waals surface area contributed by atoms with Gasteiger partial charge in [0.15, 0.2) is 0 Å². The Morgan fingerprint density at radius 3 is 2.93 bits per heavy atom. The van der Waals surface area contributed by atoms with Gasteiger partial charge in [-0.15, -0.1) is 0 Å². The molecular weight excluding hydrogens is 170 g/mol. The summed E-state index contributed by atoms with van der Waals surface area (Å²) in [4.78, 5) is 0. The summed E-state index contributed by atoms with van der Waals surface area (Å²) in [5.74, 6) is 0. The van der Waals surface area contributed by atoms with Crippen molar-refractivity contribution in [1.29, 1.82) is 0 Å². The van der Waals surface area contributed by atoms with Gasteiger partial charge in [-0.05, 0) is 37.8 Å². The Bertz CT molecular complexity index is 282. The van der Waals surface area contributed by atoms with Crippen LogP contribution in [0.3, 0.4) is 0 Å². The van der Waals surface area contributed by atoms with Crippen LogP contribution < -0.4 is 5.32 Å². The van der Waals surface area contributed by atoms with Crippen LogP contribution in [0, 0.1) is 0 Å². The highest BCUT2D eigenvalue weighted by atomic mass is 14.9. The van der Waals surface area contributed by atoms with Gasteiger partial charge in [0.05, 0.1) is 0 Å². The van der Waals surface area contributed by atoms with Crippen molar-refractivity contribution >= 4 is 0 Å². The molecule has 0 aromatic heterocycles. The molecule has 1 fully saturated rings. The summed E-state index contributed by atoms with van der Waals surface area (Å²) in [5, 5.41) is 3.39. The Hall–Kier alpha value is -1.24. The largest absolute Gasteiger partial charge is 0.385 e. The lowest BCUT2D eigenvalue weighted by Crippen LogP contribution is -2.12. The van der Waals surface area contributed by atoms with Crippen molar-refractivity contribution in [2.75, 3.05) is 6.54 Å². The zero-order valence-corrected chi connectivity index (χ0v) is 8.97. The zero-order chi connectivity index (χ0) is 10.4. The Kier molecular flexibility index (Phi) is 4.24. The van der Waals surface area contributed by atoms with Crippen LogP contribution in [0.4, 0.5) is 0 Å². The van der Waals surface area contributed by atoms with E-state index in [1.807, 2.05) is 13.0 Å². The van der Waals surface area contributed by atoms with Crippen molar-refractivity contribution in [3.63, 3.8) is 0 Å². The molecule has 1 aliphatic heterocycles. The van der Waals surface area contributed by atoms with Gasteiger partial charge in [-0.3, -0.25) is 0 Å². The summed E-state index contributed by atoms with van der Waals surface area (Å²) in [6.45, 7) is 10.9. The molecule has 1 aliphatic rings. The van der Waals surface area contributed by atoms with E-state index in [1.54, 1.807) is 0 Å². The van der Waals surface area contributed by atoms with E-state index in [0.717, 1.165) is 13.0 Å². The summed E-state index contributed by atoms with van der Waals surface area (Å²) in [6.07, 6.45) is 9.63. The van der Waals surface area contributed by atoms with Crippen molar-refractivity contribution < 1.29 is 0 Å². The normalized spacial score (nSPS) is 21.6. The summed E-state index contributed by atoms with van der Waals surface area (Å²) < 4.78 is 0. The van der Waals surface area contributed by atoms with Gasteiger partial charge in [0.25, 0.3) is 0 Å². The molecule has 0 atom stereocenters. The number of rotatable bonds is 2. The average molecular weight is 189 g/mol. The molecule has 1 saturated heterocycles.